The summed E-state index contributed by atoms with van der Waals surface area (Å²) in [4.78, 5) is 28.5. The molecule has 0 heterocycles. The van der Waals surface area contributed by atoms with Crippen LogP contribution in [0.2, 0.25) is 5.02 Å². The Morgan fingerprint density at radius 2 is 1.59 bits per heavy atom. The molecule has 1 N–H and O–H groups in total. The number of nitrogens with one attached hydrogen (secondary N) is 1. The molecule has 41 heavy (non-hydrogen) atoms. The maximum absolute atomic E-state index is 14.0. The van der Waals surface area contributed by atoms with Crippen LogP contribution in [0.5, 0.6) is 11.5 Å². The average Bonchev–Trinajstić information content (AvgIpc) is 2.98. The van der Waals surface area contributed by atoms with Crippen molar-refractivity contribution in [2.75, 3.05) is 25.1 Å². The highest BCUT2D eigenvalue weighted by Gasteiger charge is 2.33. The molecule has 0 aliphatic carbocycles. The number of amides is 2. The first kappa shape index (κ1) is 31.8. The van der Waals surface area contributed by atoms with Gasteiger partial charge in [-0.05, 0) is 80.4 Å². The van der Waals surface area contributed by atoms with Crippen molar-refractivity contribution in [1.29, 1.82) is 0 Å². The second kappa shape index (κ2) is 14.2. The molecule has 0 saturated carbocycles. The lowest BCUT2D eigenvalue weighted by molar-refractivity contribution is -0.139. The molecule has 2 atom stereocenters. The summed E-state index contributed by atoms with van der Waals surface area (Å²) in [6.07, 6.45) is 0.713. The van der Waals surface area contributed by atoms with E-state index >= 15 is 0 Å². The summed E-state index contributed by atoms with van der Waals surface area (Å²) >= 11 is 6.22. The Morgan fingerprint density at radius 1 is 0.927 bits per heavy atom. The van der Waals surface area contributed by atoms with Crippen LogP contribution in [0.15, 0.2) is 77.7 Å². The van der Waals surface area contributed by atoms with Gasteiger partial charge in [0, 0.05) is 17.6 Å². The van der Waals surface area contributed by atoms with Gasteiger partial charge < -0.3 is 19.7 Å². The van der Waals surface area contributed by atoms with Crippen LogP contribution in [-0.4, -0.2) is 58.0 Å². The summed E-state index contributed by atoms with van der Waals surface area (Å²) in [5, 5.41) is 3.22. The number of benzene rings is 3. The van der Waals surface area contributed by atoms with Crippen LogP contribution in [-0.2, 0) is 26.2 Å². The predicted octanol–water partition coefficient (Wildman–Crippen LogP) is 4.88. The summed E-state index contributed by atoms with van der Waals surface area (Å²) in [7, 11) is -1.20. The quantitative estimate of drug-likeness (QED) is 0.299. The molecule has 2 unspecified atom stereocenters. The molecular formula is C30H36ClN3O6S. The van der Waals surface area contributed by atoms with E-state index in [0.717, 1.165) is 4.31 Å². The zero-order chi connectivity index (χ0) is 30.2. The summed E-state index contributed by atoms with van der Waals surface area (Å²) in [6, 6.07) is 18.3. The number of rotatable bonds is 13. The first-order chi connectivity index (χ1) is 19.5. The highest BCUT2D eigenvalue weighted by atomic mass is 35.5. The lowest BCUT2D eigenvalue weighted by Crippen LogP contribution is -2.52. The molecule has 0 radical (unpaired) electrons. The molecule has 3 aromatic rings. The Hall–Kier alpha value is -3.76. The van der Waals surface area contributed by atoms with Gasteiger partial charge in [0.1, 0.15) is 24.1 Å². The molecule has 0 aliphatic rings. The van der Waals surface area contributed by atoms with E-state index in [2.05, 4.69) is 5.32 Å². The minimum atomic E-state index is -4.23. The van der Waals surface area contributed by atoms with Crippen LogP contribution in [0.4, 0.5) is 5.69 Å². The molecule has 11 heteroatoms. The highest BCUT2D eigenvalue weighted by Crippen LogP contribution is 2.28. The third-order valence-electron chi connectivity index (χ3n) is 6.68. The minimum absolute atomic E-state index is 0.0343. The van der Waals surface area contributed by atoms with Crippen molar-refractivity contribution < 1.29 is 27.5 Å². The smallest absolute Gasteiger partial charge is 0.264 e. The van der Waals surface area contributed by atoms with E-state index in [1.807, 2.05) is 19.9 Å². The predicted molar refractivity (Wildman–Crippen MR) is 160 cm³/mol. The Kier molecular flexibility index (Phi) is 11.0. The Balaban J connectivity index is 2.04. The maximum atomic E-state index is 14.0. The molecule has 2 amide bonds. The number of sulfonamides is 1. The van der Waals surface area contributed by atoms with Crippen LogP contribution in [0.1, 0.15) is 32.8 Å². The summed E-state index contributed by atoms with van der Waals surface area (Å²) < 4.78 is 39.3. The first-order valence-corrected chi connectivity index (χ1v) is 15.0. The SMILES string of the molecule is CCC(C)NC(=O)C(C)N(Cc1cccc(OC)c1)C(=O)CN(c1cccc(Cl)c1)S(=O)(=O)c1ccc(OC)cc1. The molecule has 0 saturated heterocycles. The lowest BCUT2D eigenvalue weighted by atomic mass is 10.1. The standard InChI is InChI=1S/C30H36ClN3O6S/c1-6-21(2)32-30(36)22(3)33(19-23-9-7-12-27(17-23)40-5)29(35)20-34(25-11-8-10-24(31)18-25)41(37,38)28-15-13-26(39-4)14-16-28/h7-18,21-22H,6,19-20H2,1-5H3,(H,32,36). The van der Waals surface area contributed by atoms with Gasteiger partial charge in [-0.15, -0.1) is 0 Å². The third-order valence-corrected chi connectivity index (χ3v) is 8.70. The molecule has 3 aromatic carbocycles. The normalized spacial score (nSPS) is 12.6. The Labute approximate surface area is 247 Å². The van der Waals surface area contributed by atoms with E-state index in [4.69, 9.17) is 21.1 Å². The van der Waals surface area contributed by atoms with E-state index in [1.54, 1.807) is 43.3 Å². The average molecular weight is 602 g/mol. The van der Waals surface area contributed by atoms with Gasteiger partial charge in [0.2, 0.25) is 11.8 Å². The number of halogens is 1. The van der Waals surface area contributed by atoms with Crippen molar-refractivity contribution in [2.24, 2.45) is 0 Å². The second-order valence-electron chi connectivity index (χ2n) is 9.53. The van der Waals surface area contributed by atoms with Gasteiger partial charge in [0.05, 0.1) is 24.8 Å². The molecule has 0 fully saturated rings. The monoisotopic (exact) mass is 601 g/mol. The summed E-state index contributed by atoms with van der Waals surface area (Å²) in [5.41, 5.74) is 0.924. The fraction of sp³-hybridized carbons (Fsp3) is 0.333. The molecule has 0 bridgehead atoms. The van der Waals surface area contributed by atoms with Gasteiger partial charge in [-0.1, -0.05) is 36.7 Å². The van der Waals surface area contributed by atoms with Gasteiger partial charge in [-0.3, -0.25) is 13.9 Å². The van der Waals surface area contributed by atoms with Crippen LogP contribution >= 0.6 is 11.6 Å². The number of methoxy groups -OCH3 is 2. The Morgan fingerprint density at radius 3 is 2.20 bits per heavy atom. The van der Waals surface area contributed by atoms with Gasteiger partial charge in [0.15, 0.2) is 0 Å². The molecular weight excluding hydrogens is 566 g/mol. The number of carbonyl (C=O) groups excluding carboxylic acids is 2. The zero-order valence-corrected chi connectivity index (χ0v) is 25.4. The van der Waals surface area contributed by atoms with Gasteiger partial charge in [0.25, 0.3) is 10.0 Å². The number of hydrogen-bond acceptors (Lipinski definition) is 6. The van der Waals surface area contributed by atoms with Crippen LogP contribution < -0.4 is 19.1 Å². The fourth-order valence-electron chi connectivity index (χ4n) is 4.05. The molecule has 220 valence electrons. The zero-order valence-electron chi connectivity index (χ0n) is 23.8. The number of nitrogens with zero attached hydrogens (tertiary/aromatic N) is 2. The van der Waals surface area contributed by atoms with Crippen LogP contribution in [0.25, 0.3) is 0 Å². The van der Waals surface area contributed by atoms with Crippen molar-refractivity contribution in [1.82, 2.24) is 10.2 Å². The first-order valence-electron chi connectivity index (χ1n) is 13.1. The van der Waals surface area contributed by atoms with Crippen molar-refractivity contribution in [3.63, 3.8) is 0 Å². The van der Waals surface area contributed by atoms with E-state index in [0.29, 0.717) is 28.5 Å². The number of ether oxygens (including phenoxy) is 2. The largest absolute Gasteiger partial charge is 0.497 e. The molecule has 0 aliphatic heterocycles. The number of anilines is 1. The van der Waals surface area contributed by atoms with E-state index in [1.165, 1.54) is 49.5 Å². The Bertz CT molecular complexity index is 1450. The second-order valence-corrected chi connectivity index (χ2v) is 11.8. The third kappa shape index (κ3) is 8.14. The summed E-state index contributed by atoms with van der Waals surface area (Å²) in [6.45, 7) is 4.93. The van der Waals surface area contributed by atoms with Crippen LogP contribution in [0, 0.1) is 0 Å². The molecule has 3 rings (SSSR count). The van der Waals surface area contributed by atoms with Crippen molar-refractivity contribution in [2.45, 2.75) is 50.7 Å². The minimum Gasteiger partial charge on any atom is -0.497 e. The van der Waals surface area contributed by atoms with Gasteiger partial charge in [-0.25, -0.2) is 8.42 Å². The number of carbonyl (C=O) groups is 2. The van der Waals surface area contributed by atoms with Crippen LogP contribution in [0.3, 0.4) is 0 Å². The lowest BCUT2D eigenvalue weighted by Gasteiger charge is -2.32. The van der Waals surface area contributed by atoms with Crippen molar-refractivity contribution in [3.8, 4) is 11.5 Å². The van der Waals surface area contributed by atoms with E-state index in [9.17, 15) is 18.0 Å². The number of hydrogen-bond donors (Lipinski definition) is 1. The van der Waals surface area contributed by atoms with E-state index < -0.39 is 28.5 Å². The van der Waals surface area contributed by atoms with Crippen molar-refractivity contribution in [3.05, 3.63) is 83.4 Å². The maximum Gasteiger partial charge on any atom is 0.264 e. The highest BCUT2D eigenvalue weighted by molar-refractivity contribution is 7.92. The topological polar surface area (TPSA) is 105 Å². The molecule has 0 aromatic heterocycles. The van der Waals surface area contributed by atoms with Gasteiger partial charge in [-0.2, -0.15) is 0 Å². The fourth-order valence-corrected chi connectivity index (χ4v) is 5.64. The molecule has 9 nitrogen and oxygen atoms in total. The van der Waals surface area contributed by atoms with E-state index in [-0.39, 0.29) is 29.1 Å². The summed E-state index contributed by atoms with van der Waals surface area (Å²) in [5.74, 6) is 0.161. The van der Waals surface area contributed by atoms with Gasteiger partial charge >= 0.3 is 0 Å². The molecule has 0 spiro atoms. The van der Waals surface area contributed by atoms with Crippen molar-refractivity contribution >= 4 is 39.1 Å².